The fraction of sp³-hybridized carbons (Fsp3) is 0.222. The molecule has 2 aromatic carbocycles. The van der Waals surface area contributed by atoms with Crippen molar-refractivity contribution in [1.29, 1.82) is 0 Å². The summed E-state index contributed by atoms with van der Waals surface area (Å²) in [6, 6.07) is 11.4. The number of aromatic amines is 1. The van der Waals surface area contributed by atoms with Gasteiger partial charge in [0.05, 0.1) is 21.3 Å². The largest absolute Gasteiger partial charge is 0.350 e. The number of rotatable bonds is 8. The van der Waals surface area contributed by atoms with Crippen molar-refractivity contribution < 1.29 is 19.2 Å². The number of carbonyl (C=O) groups is 4. The highest BCUT2D eigenvalue weighted by atomic mass is 35.5. The highest BCUT2D eigenvalue weighted by Gasteiger charge is 2.26. The van der Waals surface area contributed by atoms with Crippen LogP contribution in [0.25, 0.3) is 0 Å². The van der Waals surface area contributed by atoms with E-state index < -0.39 is 11.8 Å². The quantitative estimate of drug-likeness (QED) is 0.299. The van der Waals surface area contributed by atoms with E-state index in [0.29, 0.717) is 30.9 Å². The van der Waals surface area contributed by atoms with Gasteiger partial charge in [0.1, 0.15) is 0 Å². The van der Waals surface area contributed by atoms with Crippen LogP contribution in [0, 0.1) is 5.92 Å². The van der Waals surface area contributed by atoms with Gasteiger partial charge >= 0.3 is 0 Å². The Balaban J connectivity index is 1.33. The lowest BCUT2D eigenvalue weighted by atomic mass is 9.97. The van der Waals surface area contributed by atoms with Crippen molar-refractivity contribution in [1.82, 2.24) is 20.4 Å². The van der Waals surface area contributed by atoms with Gasteiger partial charge in [-0.05, 0) is 61.2 Å². The number of hydrogen-bond acceptors (Lipinski definition) is 5. The molecule has 1 aliphatic heterocycles. The van der Waals surface area contributed by atoms with E-state index in [2.05, 4.69) is 32.7 Å². The van der Waals surface area contributed by atoms with Crippen LogP contribution in [0.2, 0.25) is 10.0 Å². The Morgan fingerprint density at radius 2 is 1.77 bits per heavy atom. The predicted molar refractivity (Wildman–Crippen MR) is 149 cm³/mol. The minimum absolute atomic E-state index is 0.0129. The molecule has 4 N–H and O–H groups in total. The highest BCUT2D eigenvalue weighted by Crippen LogP contribution is 2.26. The lowest BCUT2D eigenvalue weighted by Crippen LogP contribution is -2.43. The number of carbonyl (C=O) groups excluding carboxylic acids is 4. The van der Waals surface area contributed by atoms with Crippen molar-refractivity contribution in [2.75, 3.05) is 30.3 Å². The Labute approximate surface area is 234 Å². The Morgan fingerprint density at radius 1 is 1.05 bits per heavy atom. The zero-order valence-electron chi connectivity index (χ0n) is 20.8. The maximum atomic E-state index is 13.0. The second-order valence-electron chi connectivity index (χ2n) is 8.94. The van der Waals surface area contributed by atoms with Gasteiger partial charge in [0.2, 0.25) is 5.91 Å². The zero-order chi connectivity index (χ0) is 27.9. The smallest absolute Gasteiger partial charge is 0.273 e. The molecule has 2 heterocycles. The van der Waals surface area contributed by atoms with Gasteiger partial charge in [0.15, 0.2) is 5.69 Å². The van der Waals surface area contributed by atoms with Gasteiger partial charge in [0.25, 0.3) is 17.7 Å². The number of H-pyrrole nitrogens is 1. The number of anilines is 2. The van der Waals surface area contributed by atoms with E-state index in [1.807, 2.05) is 0 Å². The Bertz CT molecular complexity index is 1390. The molecule has 3 aromatic rings. The molecule has 202 valence electrons. The molecule has 1 unspecified atom stereocenters. The Kier molecular flexibility index (Phi) is 9.00. The summed E-state index contributed by atoms with van der Waals surface area (Å²) in [5.74, 6) is -1.46. The van der Waals surface area contributed by atoms with Crippen molar-refractivity contribution in [3.05, 3.63) is 88.2 Å². The second kappa shape index (κ2) is 12.6. The van der Waals surface area contributed by atoms with Gasteiger partial charge in [-0.15, -0.1) is 0 Å². The first kappa shape index (κ1) is 27.9. The lowest BCUT2D eigenvalue weighted by Gasteiger charge is -2.33. The second-order valence-corrected chi connectivity index (χ2v) is 9.75. The normalized spacial score (nSPS) is 14.8. The van der Waals surface area contributed by atoms with Crippen LogP contribution in [-0.4, -0.2) is 58.4 Å². The van der Waals surface area contributed by atoms with Crippen molar-refractivity contribution in [3.63, 3.8) is 0 Å². The van der Waals surface area contributed by atoms with Crippen LogP contribution in [-0.2, 0) is 4.79 Å². The predicted octanol–water partition coefficient (Wildman–Crippen LogP) is 4.38. The van der Waals surface area contributed by atoms with E-state index in [9.17, 15) is 19.2 Å². The summed E-state index contributed by atoms with van der Waals surface area (Å²) in [5.41, 5.74) is 1.36. The van der Waals surface area contributed by atoms with E-state index >= 15 is 0 Å². The number of amides is 4. The molecule has 0 saturated carbocycles. The molecule has 1 aliphatic rings. The molecule has 1 atom stereocenters. The van der Waals surface area contributed by atoms with Crippen molar-refractivity contribution in [2.24, 2.45) is 5.92 Å². The number of likely N-dealkylation sites (tertiary alicyclic amines) is 1. The van der Waals surface area contributed by atoms with Crippen LogP contribution < -0.4 is 16.0 Å². The molecule has 10 nitrogen and oxygen atoms in total. The highest BCUT2D eigenvalue weighted by molar-refractivity contribution is 6.40. The maximum Gasteiger partial charge on any atom is 0.273 e. The molecule has 1 saturated heterocycles. The first-order valence-electron chi connectivity index (χ1n) is 12.2. The summed E-state index contributed by atoms with van der Waals surface area (Å²) in [5, 5.41) is 15.0. The minimum atomic E-state index is -0.571. The van der Waals surface area contributed by atoms with Crippen molar-refractivity contribution in [3.8, 4) is 0 Å². The standard InChI is InChI=1S/C27H26Cl2N6O4/c1-2-22(36)32-18-10-8-17(9-11-18)27(39)35-12-4-5-16(15-35)13-30-26(38)24-21(14-31-34-24)33-25(37)23-19(28)6-3-7-20(23)29/h2-3,6-11,14,16H,1,4-5,12-13,15H2,(H,30,38)(H,31,34)(H,32,36)(H,33,37). The first-order valence-corrected chi connectivity index (χ1v) is 12.9. The maximum absolute atomic E-state index is 13.0. The summed E-state index contributed by atoms with van der Waals surface area (Å²) in [7, 11) is 0. The molecule has 4 rings (SSSR count). The van der Waals surface area contributed by atoms with Crippen LogP contribution in [0.1, 0.15) is 44.0 Å². The number of hydrogen-bond donors (Lipinski definition) is 4. The van der Waals surface area contributed by atoms with Crippen LogP contribution in [0.5, 0.6) is 0 Å². The number of benzene rings is 2. The molecular formula is C27H26Cl2N6O4. The van der Waals surface area contributed by atoms with Crippen LogP contribution in [0.15, 0.2) is 61.3 Å². The molecule has 0 bridgehead atoms. The van der Waals surface area contributed by atoms with Gasteiger partial charge in [-0.25, -0.2) is 0 Å². The summed E-state index contributed by atoms with van der Waals surface area (Å²) in [4.78, 5) is 51.8. The van der Waals surface area contributed by atoms with Crippen LogP contribution in [0.3, 0.4) is 0 Å². The number of halogens is 2. The molecule has 4 amide bonds. The SMILES string of the molecule is C=CC(=O)Nc1ccc(C(=O)N2CCCC(CNC(=O)c3n[nH]cc3NC(=O)c3c(Cl)cccc3Cl)C2)cc1. The summed E-state index contributed by atoms with van der Waals surface area (Å²) in [6.45, 7) is 4.82. The molecule has 0 radical (unpaired) electrons. The van der Waals surface area contributed by atoms with Crippen LogP contribution in [0.4, 0.5) is 11.4 Å². The molecule has 1 fully saturated rings. The fourth-order valence-corrected chi connectivity index (χ4v) is 4.84. The minimum Gasteiger partial charge on any atom is -0.350 e. The zero-order valence-corrected chi connectivity index (χ0v) is 22.3. The Morgan fingerprint density at radius 3 is 2.46 bits per heavy atom. The molecule has 12 heteroatoms. The Hall–Kier alpha value is -4.15. The number of aromatic nitrogens is 2. The average Bonchev–Trinajstić information content (AvgIpc) is 3.40. The van der Waals surface area contributed by atoms with Gasteiger partial charge in [0, 0.05) is 37.1 Å². The van der Waals surface area contributed by atoms with Crippen molar-refractivity contribution >= 4 is 58.2 Å². The topological polar surface area (TPSA) is 136 Å². The van der Waals surface area contributed by atoms with Gasteiger partial charge in [-0.2, -0.15) is 5.10 Å². The summed E-state index contributed by atoms with van der Waals surface area (Å²) in [6.07, 6.45) is 4.20. The molecule has 1 aromatic heterocycles. The summed E-state index contributed by atoms with van der Waals surface area (Å²) < 4.78 is 0. The number of piperidine rings is 1. The van der Waals surface area contributed by atoms with Crippen molar-refractivity contribution in [2.45, 2.75) is 12.8 Å². The van der Waals surface area contributed by atoms with Gasteiger partial charge < -0.3 is 20.9 Å². The fourth-order valence-electron chi connectivity index (χ4n) is 4.27. The molecular weight excluding hydrogens is 543 g/mol. The third-order valence-electron chi connectivity index (χ3n) is 6.24. The number of nitrogens with zero attached hydrogens (tertiary/aromatic N) is 2. The van der Waals surface area contributed by atoms with Crippen LogP contribution >= 0.6 is 23.2 Å². The third kappa shape index (κ3) is 6.84. The van der Waals surface area contributed by atoms with Gasteiger partial charge in [-0.1, -0.05) is 35.8 Å². The number of nitrogens with one attached hydrogen (secondary N) is 4. The monoisotopic (exact) mass is 568 g/mol. The average molecular weight is 569 g/mol. The van der Waals surface area contributed by atoms with E-state index in [0.717, 1.165) is 12.8 Å². The van der Waals surface area contributed by atoms with E-state index in [1.165, 1.54) is 12.3 Å². The van der Waals surface area contributed by atoms with Gasteiger partial charge in [-0.3, -0.25) is 24.3 Å². The van der Waals surface area contributed by atoms with E-state index in [4.69, 9.17) is 23.2 Å². The third-order valence-corrected chi connectivity index (χ3v) is 6.87. The summed E-state index contributed by atoms with van der Waals surface area (Å²) >= 11 is 12.2. The molecule has 39 heavy (non-hydrogen) atoms. The van der Waals surface area contributed by atoms with E-state index in [1.54, 1.807) is 47.4 Å². The van der Waals surface area contributed by atoms with E-state index in [-0.39, 0.29) is 44.7 Å². The molecule has 0 aliphatic carbocycles. The molecule has 0 spiro atoms. The first-order chi connectivity index (χ1) is 18.8. The lowest BCUT2D eigenvalue weighted by molar-refractivity contribution is -0.111.